The van der Waals surface area contributed by atoms with Crippen LogP contribution in [0, 0.1) is 0 Å². The lowest BCUT2D eigenvalue weighted by molar-refractivity contribution is 0.749. The maximum absolute atomic E-state index is 11.3. The Bertz CT molecular complexity index is 377. The molecule has 0 aliphatic carbocycles. The van der Waals surface area contributed by atoms with E-state index < -0.39 is 0 Å². The number of allylic oxidation sites excluding steroid dienone is 2. The first-order chi connectivity index (χ1) is 6.09. The maximum Gasteiger partial charge on any atom is 0.255 e. The highest BCUT2D eigenvalue weighted by molar-refractivity contribution is 6.29. The van der Waals surface area contributed by atoms with Crippen molar-refractivity contribution < 1.29 is 0 Å². The Morgan fingerprint density at radius 1 is 1.69 bits per heavy atom. The van der Waals surface area contributed by atoms with Crippen LogP contribution in [0.3, 0.4) is 0 Å². The number of nitrogens with zero attached hydrogens (tertiary/aromatic N) is 2. The molecule has 1 aromatic heterocycles. The summed E-state index contributed by atoms with van der Waals surface area (Å²) in [6.07, 6.45) is 3.40. The van der Waals surface area contributed by atoms with Gasteiger partial charge in [0.25, 0.3) is 5.56 Å². The summed E-state index contributed by atoms with van der Waals surface area (Å²) >= 11 is 5.54. The Hall–Kier alpha value is -1.09. The largest absolute Gasteiger partial charge is 0.295 e. The van der Waals surface area contributed by atoms with Crippen LogP contribution in [0.1, 0.15) is 13.8 Å². The predicted molar refractivity (Wildman–Crippen MR) is 52.9 cm³/mol. The molecule has 0 radical (unpaired) electrons. The number of hydrogen-bond donors (Lipinski definition) is 0. The van der Waals surface area contributed by atoms with E-state index in [0.717, 1.165) is 0 Å². The molecule has 0 saturated carbocycles. The zero-order chi connectivity index (χ0) is 9.84. The van der Waals surface area contributed by atoms with Crippen LogP contribution in [0.4, 0.5) is 0 Å². The van der Waals surface area contributed by atoms with E-state index in [1.807, 2.05) is 19.9 Å². The normalized spacial score (nSPS) is 9.77. The van der Waals surface area contributed by atoms with Crippen LogP contribution in [0.15, 0.2) is 28.8 Å². The van der Waals surface area contributed by atoms with Crippen LogP contribution in [0.25, 0.3) is 0 Å². The lowest BCUT2D eigenvalue weighted by Crippen LogP contribution is -2.18. The zero-order valence-electron chi connectivity index (χ0n) is 7.62. The van der Waals surface area contributed by atoms with Crippen LogP contribution < -0.4 is 5.56 Å². The fourth-order valence-electron chi connectivity index (χ4n) is 0.822. The fourth-order valence-corrected chi connectivity index (χ4v) is 0.959. The van der Waals surface area contributed by atoms with Crippen molar-refractivity contribution in [3.05, 3.63) is 39.5 Å². The highest BCUT2D eigenvalue weighted by Crippen LogP contribution is 1.97. The van der Waals surface area contributed by atoms with Gasteiger partial charge in [0.05, 0.1) is 6.33 Å². The average Bonchev–Trinajstić information content (AvgIpc) is 2.02. The minimum atomic E-state index is -0.127. The van der Waals surface area contributed by atoms with Crippen molar-refractivity contribution in [1.82, 2.24) is 9.55 Å². The van der Waals surface area contributed by atoms with E-state index in [9.17, 15) is 4.79 Å². The Morgan fingerprint density at radius 2 is 2.38 bits per heavy atom. The summed E-state index contributed by atoms with van der Waals surface area (Å²) in [6, 6.07) is 1.31. The lowest BCUT2D eigenvalue weighted by atomic mass is 10.3. The lowest BCUT2D eigenvalue weighted by Gasteiger charge is -2.00. The molecule has 0 bridgehead atoms. The van der Waals surface area contributed by atoms with Crippen molar-refractivity contribution in [2.45, 2.75) is 20.4 Å². The van der Waals surface area contributed by atoms with Gasteiger partial charge in [-0.1, -0.05) is 23.3 Å². The van der Waals surface area contributed by atoms with Gasteiger partial charge in [-0.05, 0) is 13.8 Å². The SMILES string of the molecule is CC(C)=CCn1cnc(Cl)cc1=O. The molecule has 0 N–H and O–H groups in total. The van der Waals surface area contributed by atoms with Gasteiger partial charge in [-0.15, -0.1) is 0 Å². The maximum atomic E-state index is 11.3. The van der Waals surface area contributed by atoms with Crippen LogP contribution in [-0.2, 0) is 6.54 Å². The topological polar surface area (TPSA) is 34.9 Å². The molecule has 70 valence electrons. The Balaban J connectivity index is 2.91. The van der Waals surface area contributed by atoms with E-state index >= 15 is 0 Å². The van der Waals surface area contributed by atoms with Gasteiger partial charge in [0, 0.05) is 12.6 Å². The third-order valence-electron chi connectivity index (χ3n) is 1.54. The molecule has 0 spiro atoms. The first-order valence-electron chi connectivity index (χ1n) is 3.95. The highest BCUT2D eigenvalue weighted by atomic mass is 35.5. The molecule has 0 atom stereocenters. The second-order valence-electron chi connectivity index (χ2n) is 2.98. The van der Waals surface area contributed by atoms with Gasteiger partial charge >= 0.3 is 0 Å². The number of aromatic nitrogens is 2. The summed E-state index contributed by atoms with van der Waals surface area (Å²) in [5.74, 6) is 0. The van der Waals surface area contributed by atoms with Gasteiger partial charge in [0.1, 0.15) is 5.15 Å². The fraction of sp³-hybridized carbons (Fsp3) is 0.333. The van der Waals surface area contributed by atoms with Gasteiger partial charge in [0.15, 0.2) is 0 Å². The molecule has 0 aliphatic rings. The van der Waals surface area contributed by atoms with E-state index in [-0.39, 0.29) is 10.7 Å². The number of hydrogen-bond acceptors (Lipinski definition) is 2. The van der Waals surface area contributed by atoms with Crippen LogP contribution >= 0.6 is 11.6 Å². The van der Waals surface area contributed by atoms with Crippen molar-refractivity contribution in [3.63, 3.8) is 0 Å². The van der Waals surface area contributed by atoms with Crippen LogP contribution in [0.2, 0.25) is 5.15 Å². The molecule has 4 heteroatoms. The van der Waals surface area contributed by atoms with Crippen molar-refractivity contribution in [2.75, 3.05) is 0 Å². The summed E-state index contributed by atoms with van der Waals surface area (Å²) in [5, 5.41) is 0.235. The third kappa shape index (κ3) is 3.03. The molecule has 0 amide bonds. The van der Waals surface area contributed by atoms with Crippen LogP contribution in [-0.4, -0.2) is 9.55 Å². The van der Waals surface area contributed by atoms with Gasteiger partial charge in [-0.2, -0.15) is 0 Å². The molecule has 0 saturated heterocycles. The first-order valence-corrected chi connectivity index (χ1v) is 4.33. The molecule has 0 aliphatic heterocycles. The molecule has 0 unspecified atom stereocenters. The Morgan fingerprint density at radius 3 is 2.92 bits per heavy atom. The molecule has 1 aromatic rings. The monoisotopic (exact) mass is 198 g/mol. The third-order valence-corrected chi connectivity index (χ3v) is 1.75. The average molecular weight is 199 g/mol. The van der Waals surface area contributed by atoms with E-state index in [1.54, 1.807) is 0 Å². The Kier molecular flexibility index (Phi) is 3.25. The number of halogens is 1. The Labute approximate surface area is 81.7 Å². The van der Waals surface area contributed by atoms with Gasteiger partial charge in [-0.25, -0.2) is 4.98 Å². The van der Waals surface area contributed by atoms with Gasteiger partial charge in [0.2, 0.25) is 0 Å². The smallest absolute Gasteiger partial charge is 0.255 e. The van der Waals surface area contributed by atoms with E-state index in [1.165, 1.54) is 22.5 Å². The zero-order valence-corrected chi connectivity index (χ0v) is 8.38. The van der Waals surface area contributed by atoms with Crippen molar-refractivity contribution >= 4 is 11.6 Å². The quantitative estimate of drug-likeness (QED) is 0.537. The predicted octanol–water partition coefficient (Wildman–Crippen LogP) is 1.86. The summed E-state index contributed by atoms with van der Waals surface area (Å²) in [4.78, 5) is 15.1. The molecular weight excluding hydrogens is 188 g/mol. The van der Waals surface area contributed by atoms with Crippen molar-refractivity contribution in [1.29, 1.82) is 0 Å². The molecule has 3 nitrogen and oxygen atoms in total. The summed E-state index contributed by atoms with van der Waals surface area (Å²) in [5.41, 5.74) is 1.04. The van der Waals surface area contributed by atoms with E-state index in [0.29, 0.717) is 6.54 Å². The van der Waals surface area contributed by atoms with E-state index in [4.69, 9.17) is 11.6 Å². The molecule has 0 aromatic carbocycles. The van der Waals surface area contributed by atoms with Crippen molar-refractivity contribution in [2.24, 2.45) is 0 Å². The second kappa shape index (κ2) is 4.23. The summed E-state index contributed by atoms with van der Waals surface area (Å²) in [7, 11) is 0. The molecular formula is C9H11ClN2O. The van der Waals surface area contributed by atoms with Crippen molar-refractivity contribution in [3.8, 4) is 0 Å². The first kappa shape index (κ1) is 9.99. The van der Waals surface area contributed by atoms with Crippen LogP contribution in [0.5, 0.6) is 0 Å². The second-order valence-corrected chi connectivity index (χ2v) is 3.37. The number of rotatable bonds is 2. The minimum Gasteiger partial charge on any atom is -0.295 e. The van der Waals surface area contributed by atoms with E-state index in [2.05, 4.69) is 4.98 Å². The van der Waals surface area contributed by atoms with Gasteiger partial charge in [-0.3, -0.25) is 9.36 Å². The standard InChI is InChI=1S/C9H11ClN2O/c1-7(2)3-4-12-6-11-8(10)5-9(12)13/h3,5-6H,4H2,1-2H3. The summed E-state index contributed by atoms with van der Waals surface area (Å²) in [6.45, 7) is 4.51. The van der Waals surface area contributed by atoms with Gasteiger partial charge < -0.3 is 0 Å². The molecule has 13 heavy (non-hydrogen) atoms. The summed E-state index contributed by atoms with van der Waals surface area (Å²) < 4.78 is 1.50. The minimum absolute atomic E-state index is 0.127. The highest BCUT2D eigenvalue weighted by Gasteiger charge is 1.95. The molecule has 1 heterocycles. The molecule has 0 fully saturated rings. The molecule has 1 rings (SSSR count).